The minimum absolute atomic E-state index is 0.0521. The van der Waals surface area contributed by atoms with Crippen LogP contribution in [0.3, 0.4) is 0 Å². The summed E-state index contributed by atoms with van der Waals surface area (Å²) in [5.74, 6) is 0.532. The second kappa shape index (κ2) is 5.53. The lowest BCUT2D eigenvalue weighted by molar-refractivity contribution is 0.167. The van der Waals surface area contributed by atoms with Gasteiger partial charge in [0.2, 0.25) is 0 Å². The number of hydrogen-bond acceptors (Lipinski definition) is 1. The van der Waals surface area contributed by atoms with Gasteiger partial charge in [-0.1, -0.05) is 24.7 Å². The van der Waals surface area contributed by atoms with Crippen molar-refractivity contribution in [3.63, 3.8) is 0 Å². The van der Waals surface area contributed by atoms with Gasteiger partial charge in [-0.2, -0.15) is 0 Å². The molecule has 1 nitrogen and oxygen atoms in total. The van der Waals surface area contributed by atoms with Gasteiger partial charge in [0, 0.05) is 5.88 Å². The molecule has 0 aromatic carbocycles. The van der Waals surface area contributed by atoms with Crippen LogP contribution in [0.25, 0.3) is 0 Å². The zero-order chi connectivity index (χ0) is 7.28. The van der Waals surface area contributed by atoms with Crippen LogP contribution in [0.1, 0.15) is 0 Å². The lowest BCUT2D eigenvalue weighted by Crippen LogP contribution is -2.22. The molecule has 0 saturated heterocycles. The van der Waals surface area contributed by atoms with Gasteiger partial charge in [0.25, 0.3) is 0 Å². The molecule has 4 heteroatoms. The molecule has 0 aliphatic heterocycles. The first-order valence-corrected chi connectivity index (χ1v) is 6.94. The van der Waals surface area contributed by atoms with Crippen LogP contribution in [0, 0.1) is 0 Å². The second-order valence-corrected chi connectivity index (χ2v) is 6.48. The smallest absolute Gasteiger partial charge is 0.115 e. The maximum Gasteiger partial charge on any atom is 0.115 e. The van der Waals surface area contributed by atoms with Crippen LogP contribution in [0.15, 0.2) is 0 Å². The summed E-state index contributed by atoms with van der Waals surface area (Å²) in [6.45, 7) is 4.86. The molecule has 1 unspecified atom stereocenters. The van der Waals surface area contributed by atoms with E-state index in [4.69, 9.17) is 27.9 Å². The Morgan fingerprint density at radius 3 is 2.44 bits per heavy atom. The quantitative estimate of drug-likeness (QED) is 0.482. The third-order valence-corrected chi connectivity index (χ3v) is 3.91. The van der Waals surface area contributed by atoms with Crippen molar-refractivity contribution in [2.45, 2.75) is 18.3 Å². The molecule has 0 aliphatic carbocycles. The lowest BCUT2D eigenvalue weighted by Gasteiger charge is -2.11. The Morgan fingerprint density at radius 2 is 2.11 bits per heavy atom. The first kappa shape index (κ1) is 9.76. The number of alkyl halides is 2. The Labute approximate surface area is 67.9 Å². The average molecular weight is 187 g/mol. The van der Waals surface area contributed by atoms with Gasteiger partial charge in [-0.15, -0.1) is 11.6 Å². The average Bonchev–Trinajstić information content (AvgIpc) is 1.82. The van der Waals surface area contributed by atoms with Crippen molar-refractivity contribution in [3.8, 4) is 0 Å². The summed E-state index contributed by atoms with van der Waals surface area (Å²) < 4.78 is 5.15. The molecule has 1 atom stereocenters. The Morgan fingerprint density at radius 1 is 1.56 bits per heavy atom. The summed E-state index contributed by atoms with van der Waals surface area (Å²) in [6.07, 6.45) is 0. The van der Waals surface area contributed by atoms with E-state index in [0.29, 0.717) is 12.5 Å². The van der Waals surface area contributed by atoms with E-state index in [1.54, 1.807) is 0 Å². The third-order valence-electron chi connectivity index (χ3n) is 0.878. The van der Waals surface area contributed by atoms with Gasteiger partial charge >= 0.3 is 0 Å². The Balaban J connectivity index is 3.16. The normalized spacial score (nSPS) is 14.3. The molecule has 0 amide bonds. The monoisotopic (exact) mass is 186 g/mol. The zero-order valence-corrected chi connectivity index (χ0v) is 8.40. The van der Waals surface area contributed by atoms with Gasteiger partial charge < -0.3 is 4.74 Å². The molecule has 9 heavy (non-hydrogen) atoms. The van der Waals surface area contributed by atoms with E-state index in [0.717, 1.165) is 0 Å². The molecule has 0 aromatic rings. The minimum atomic E-state index is -0.812. The first-order valence-electron chi connectivity index (χ1n) is 3.00. The fourth-order valence-electron chi connectivity index (χ4n) is 0.350. The van der Waals surface area contributed by atoms with E-state index in [1.165, 1.54) is 0 Å². The summed E-state index contributed by atoms with van der Waals surface area (Å²) >= 11 is 11.2. The molecule has 0 bridgehead atoms. The molecular formula is C5H12Cl2OSi. The Kier molecular flexibility index (Phi) is 6.00. The molecule has 0 rings (SSSR count). The van der Waals surface area contributed by atoms with Crippen LogP contribution >= 0.6 is 23.2 Å². The molecule has 0 spiro atoms. The second-order valence-electron chi connectivity index (χ2n) is 2.15. The van der Waals surface area contributed by atoms with Gasteiger partial charge in [-0.05, 0) is 0 Å². The highest BCUT2D eigenvalue weighted by Crippen LogP contribution is 2.02. The van der Waals surface area contributed by atoms with Gasteiger partial charge in [0.05, 0.1) is 15.4 Å². The molecule has 0 saturated carbocycles. The van der Waals surface area contributed by atoms with Crippen LogP contribution in [-0.4, -0.2) is 26.5 Å². The van der Waals surface area contributed by atoms with Crippen LogP contribution in [0.4, 0.5) is 0 Å². The highest BCUT2D eigenvalue weighted by atomic mass is 35.5. The first-order chi connectivity index (χ1) is 4.18. The van der Waals surface area contributed by atoms with Crippen LogP contribution in [0.5, 0.6) is 0 Å². The SMILES string of the molecule is C[SiH](C)C(Cl)OCCCl. The van der Waals surface area contributed by atoms with E-state index in [2.05, 4.69) is 13.1 Å². The van der Waals surface area contributed by atoms with Crippen molar-refractivity contribution < 1.29 is 4.74 Å². The maximum atomic E-state index is 5.78. The van der Waals surface area contributed by atoms with Crippen molar-refractivity contribution in [1.29, 1.82) is 0 Å². The van der Waals surface area contributed by atoms with Crippen LogP contribution < -0.4 is 0 Å². The Bertz CT molecular complexity index is 70.0. The molecule has 0 heterocycles. The molecular weight excluding hydrogens is 175 g/mol. The molecule has 0 aromatic heterocycles. The molecule has 0 radical (unpaired) electrons. The number of ether oxygens (including phenoxy) is 1. The molecule has 56 valence electrons. The highest BCUT2D eigenvalue weighted by molar-refractivity contribution is 6.66. The van der Waals surface area contributed by atoms with E-state index < -0.39 is 8.80 Å². The largest absolute Gasteiger partial charge is 0.365 e. The number of hydrogen-bond donors (Lipinski definition) is 0. The van der Waals surface area contributed by atoms with Crippen molar-refractivity contribution >= 4 is 32.0 Å². The summed E-state index contributed by atoms with van der Waals surface area (Å²) in [7, 11) is -0.812. The fraction of sp³-hybridized carbons (Fsp3) is 1.00. The fourth-order valence-corrected chi connectivity index (χ4v) is 1.05. The van der Waals surface area contributed by atoms with Crippen LogP contribution in [0.2, 0.25) is 13.1 Å². The van der Waals surface area contributed by atoms with Gasteiger partial charge in [-0.3, -0.25) is 0 Å². The van der Waals surface area contributed by atoms with E-state index in [-0.39, 0.29) is 5.19 Å². The zero-order valence-electron chi connectivity index (χ0n) is 5.73. The summed E-state index contributed by atoms with van der Waals surface area (Å²) in [5.41, 5.74) is 0. The third kappa shape index (κ3) is 5.21. The predicted molar refractivity (Wildman–Crippen MR) is 45.2 cm³/mol. The summed E-state index contributed by atoms with van der Waals surface area (Å²) in [4.78, 5) is 0. The van der Waals surface area contributed by atoms with E-state index >= 15 is 0 Å². The lowest BCUT2D eigenvalue weighted by atomic mass is 10.9. The van der Waals surface area contributed by atoms with Crippen molar-refractivity contribution in [2.24, 2.45) is 0 Å². The molecule has 0 N–H and O–H groups in total. The molecule has 0 aliphatic rings. The van der Waals surface area contributed by atoms with Crippen LogP contribution in [-0.2, 0) is 4.74 Å². The summed E-state index contributed by atoms with van der Waals surface area (Å²) in [6, 6.07) is 0. The minimum Gasteiger partial charge on any atom is -0.365 e. The van der Waals surface area contributed by atoms with E-state index in [9.17, 15) is 0 Å². The van der Waals surface area contributed by atoms with Gasteiger partial charge in [-0.25, -0.2) is 0 Å². The highest BCUT2D eigenvalue weighted by Gasteiger charge is 2.09. The van der Waals surface area contributed by atoms with Crippen molar-refractivity contribution in [2.75, 3.05) is 12.5 Å². The maximum absolute atomic E-state index is 5.78. The summed E-state index contributed by atoms with van der Waals surface area (Å²) in [5, 5.41) is -0.0521. The number of halogens is 2. The van der Waals surface area contributed by atoms with E-state index in [1.807, 2.05) is 0 Å². The van der Waals surface area contributed by atoms with Crippen molar-refractivity contribution in [3.05, 3.63) is 0 Å². The van der Waals surface area contributed by atoms with Gasteiger partial charge in [0.15, 0.2) is 0 Å². The standard InChI is InChI=1S/C5H12Cl2OSi/c1-9(2)5(7)8-4-3-6/h5,9H,3-4H2,1-2H3. The molecule has 0 fully saturated rings. The predicted octanol–water partition coefficient (Wildman–Crippen LogP) is 1.83. The number of rotatable bonds is 4. The Hall–Kier alpha value is 0.757. The van der Waals surface area contributed by atoms with Gasteiger partial charge in [0.1, 0.15) is 5.19 Å². The topological polar surface area (TPSA) is 9.23 Å². The van der Waals surface area contributed by atoms with Crippen molar-refractivity contribution in [1.82, 2.24) is 0 Å².